The van der Waals surface area contributed by atoms with Crippen molar-refractivity contribution < 1.29 is 0 Å². The third-order valence-electron chi connectivity index (χ3n) is 3.56. The van der Waals surface area contributed by atoms with E-state index in [0.717, 1.165) is 6.42 Å². The van der Waals surface area contributed by atoms with E-state index in [1.165, 1.54) is 27.2 Å². The Morgan fingerprint density at radius 1 is 1.14 bits per heavy atom. The van der Waals surface area contributed by atoms with Crippen LogP contribution in [0.1, 0.15) is 25.1 Å². The number of para-hydroxylation sites is 1. The van der Waals surface area contributed by atoms with Gasteiger partial charge in [0.15, 0.2) is 0 Å². The lowest BCUT2D eigenvalue weighted by atomic mass is 10.1. The third-order valence-corrected chi connectivity index (χ3v) is 4.42. The molecule has 3 rings (SSSR count). The minimum absolute atomic E-state index is 0.921. The molecule has 0 aliphatic carbocycles. The fraction of sp³-hybridized carbons (Fsp3) is 0.200. The Balaban J connectivity index is 0.000000847. The zero-order valence-electron chi connectivity index (χ0n) is 13.5. The van der Waals surface area contributed by atoms with E-state index in [9.17, 15) is 0 Å². The van der Waals surface area contributed by atoms with Gasteiger partial charge in [0.2, 0.25) is 0 Å². The average molecular weight is 309 g/mol. The third kappa shape index (κ3) is 3.07. The fourth-order valence-electron chi connectivity index (χ4n) is 2.62. The van der Waals surface area contributed by atoms with Crippen molar-refractivity contribution in [1.82, 2.24) is 4.57 Å². The van der Waals surface area contributed by atoms with Gasteiger partial charge in [0, 0.05) is 17.5 Å². The number of nitrogens with zero attached hydrogens (tertiary/aromatic N) is 1. The Morgan fingerprint density at radius 3 is 2.59 bits per heavy atom. The van der Waals surface area contributed by atoms with Crippen molar-refractivity contribution in [3.05, 3.63) is 77.8 Å². The first-order valence-corrected chi connectivity index (χ1v) is 8.61. The molecule has 0 saturated carbocycles. The molecule has 0 fully saturated rings. The number of aryl methyl sites for hydroxylation is 1. The highest BCUT2D eigenvalue weighted by Gasteiger charge is 2.14. The number of aromatic nitrogens is 1. The molecule has 1 aromatic carbocycles. The van der Waals surface area contributed by atoms with Crippen LogP contribution in [0.2, 0.25) is 0 Å². The quantitative estimate of drug-likeness (QED) is 0.498. The molecule has 2 heteroatoms. The van der Waals surface area contributed by atoms with E-state index in [-0.39, 0.29) is 0 Å². The van der Waals surface area contributed by atoms with Gasteiger partial charge in [0.25, 0.3) is 0 Å². The van der Waals surface area contributed by atoms with Crippen molar-refractivity contribution in [2.75, 3.05) is 0 Å². The zero-order chi connectivity index (χ0) is 15.9. The largest absolute Gasteiger partial charge is 0.304 e. The van der Waals surface area contributed by atoms with Crippen LogP contribution >= 0.6 is 11.3 Å². The summed E-state index contributed by atoms with van der Waals surface area (Å²) in [7, 11) is 0. The Morgan fingerprint density at radius 2 is 1.91 bits per heavy atom. The normalized spacial score (nSPS) is 10.7. The predicted molar refractivity (Wildman–Crippen MR) is 100 cm³/mol. The molecule has 0 aliphatic rings. The summed E-state index contributed by atoms with van der Waals surface area (Å²) >= 11 is 1.78. The molecule has 0 radical (unpaired) electrons. The fourth-order valence-corrected chi connectivity index (χ4v) is 3.39. The van der Waals surface area contributed by atoms with E-state index in [2.05, 4.69) is 65.9 Å². The maximum absolute atomic E-state index is 3.74. The smallest absolute Gasteiger partial charge is 0.0997 e. The minimum atomic E-state index is 0.921. The topological polar surface area (TPSA) is 4.93 Å². The van der Waals surface area contributed by atoms with Crippen molar-refractivity contribution >= 4 is 22.2 Å². The molecular formula is C20H23NS. The SMILES string of the molecule is C=C/C=C/Cc1c(C)c2ccccc2n1-c1cccs1.CC. The number of allylic oxidation sites excluding steroid dienone is 3. The lowest BCUT2D eigenvalue weighted by Crippen LogP contribution is -1.98. The lowest BCUT2D eigenvalue weighted by Gasteiger charge is -2.07. The van der Waals surface area contributed by atoms with Gasteiger partial charge in [-0.25, -0.2) is 0 Å². The number of hydrogen-bond donors (Lipinski definition) is 0. The Kier molecular flexibility index (Phi) is 5.79. The first-order chi connectivity index (χ1) is 10.8. The van der Waals surface area contributed by atoms with E-state index in [0.29, 0.717) is 0 Å². The molecule has 114 valence electrons. The average Bonchev–Trinajstić information content (AvgIpc) is 3.17. The van der Waals surface area contributed by atoms with Crippen molar-refractivity contribution in [1.29, 1.82) is 0 Å². The molecule has 1 nitrogen and oxygen atoms in total. The number of benzene rings is 1. The van der Waals surface area contributed by atoms with E-state index < -0.39 is 0 Å². The van der Waals surface area contributed by atoms with Gasteiger partial charge in [-0.05, 0) is 36.1 Å². The zero-order valence-corrected chi connectivity index (χ0v) is 14.4. The van der Waals surface area contributed by atoms with Crippen LogP contribution in [0.25, 0.3) is 15.9 Å². The standard InChI is InChI=1S/C18H17NS.C2H6/c1-3-4-5-10-16-14(2)15-9-6-7-11-17(15)19(16)18-12-8-13-20-18;1-2/h3-9,11-13H,1,10H2,2H3;1-2H3/b5-4+;. The van der Waals surface area contributed by atoms with Gasteiger partial charge in [-0.3, -0.25) is 0 Å². The summed E-state index contributed by atoms with van der Waals surface area (Å²) in [6.45, 7) is 9.95. The molecular weight excluding hydrogens is 286 g/mol. The van der Waals surface area contributed by atoms with Crippen LogP contribution in [0, 0.1) is 6.92 Å². The predicted octanol–water partition coefficient (Wildman–Crippen LogP) is 6.31. The highest BCUT2D eigenvalue weighted by atomic mass is 32.1. The van der Waals surface area contributed by atoms with Crippen LogP contribution in [0.3, 0.4) is 0 Å². The summed E-state index contributed by atoms with van der Waals surface area (Å²) < 4.78 is 2.38. The summed E-state index contributed by atoms with van der Waals surface area (Å²) in [5.41, 5.74) is 4.00. The van der Waals surface area contributed by atoms with Crippen molar-refractivity contribution in [3.63, 3.8) is 0 Å². The molecule has 0 aliphatic heterocycles. The monoisotopic (exact) mass is 309 g/mol. The number of fused-ring (bicyclic) bond motifs is 1. The van der Waals surface area contributed by atoms with Gasteiger partial charge in [-0.2, -0.15) is 0 Å². The van der Waals surface area contributed by atoms with Crippen LogP contribution in [0.15, 0.2) is 66.6 Å². The summed E-state index contributed by atoms with van der Waals surface area (Å²) in [4.78, 5) is 0. The molecule has 0 bridgehead atoms. The molecule has 0 saturated heterocycles. The van der Waals surface area contributed by atoms with Crippen LogP contribution in [0.4, 0.5) is 0 Å². The van der Waals surface area contributed by atoms with Crippen LogP contribution in [-0.2, 0) is 6.42 Å². The van der Waals surface area contributed by atoms with Gasteiger partial charge in [0.1, 0.15) is 0 Å². The van der Waals surface area contributed by atoms with Gasteiger partial charge in [-0.15, -0.1) is 11.3 Å². The molecule has 0 spiro atoms. The highest BCUT2D eigenvalue weighted by Crippen LogP contribution is 2.31. The molecule has 22 heavy (non-hydrogen) atoms. The van der Waals surface area contributed by atoms with Crippen LogP contribution in [-0.4, -0.2) is 4.57 Å². The maximum atomic E-state index is 3.74. The summed E-state index contributed by atoms with van der Waals surface area (Å²) in [6.07, 6.45) is 6.92. The Bertz CT molecular complexity index is 760. The van der Waals surface area contributed by atoms with Gasteiger partial charge >= 0.3 is 0 Å². The summed E-state index contributed by atoms with van der Waals surface area (Å²) in [6, 6.07) is 12.9. The number of rotatable bonds is 4. The van der Waals surface area contributed by atoms with Gasteiger partial charge in [-0.1, -0.05) is 56.9 Å². The van der Waals surface area contributed by atoms with E-state index >= 15 is 0 Å². The summed E-state index contributed by atoms with van der Waals surface area (Å²) in [5, 5.41) is 4.74. The summed E-state index contributed by atoms with van der Waals surface area (Å²) in [5.74, 6) is 0. The van der Waals surface area contributed by atoms with Crippen molar-refractivity contribution in [3.8, 4) is 5.00 Å². The van der Waals surface area contributed by atoms with Crippen LogP contribution < -0.4 is 0 Å². The first kappa shape index (κ1) is 16.3. The lowest BCUT2D eigenvalue weighted by molar-refractivity contribution is 1.01. The highest BCUT2D eigenvalue weighted by molar-refractivity contribution is 7.12. The molecule has 2 aromatic heterocycles. The molecule has 0 atom stereocenters. The van der Waals surface area contributed by atoms with E-state index in [1.54, 1.807) is 11.3 Å². The van der Waals surface area contributed by atoms with E-state index in [1.807, 2.05) is 26.0 Å². The molecule has 0 unspecified atom stereocenters. The van der Waals surface area contributed by atoms with Crippen LogP contribution in [0.5, 0.6) is 0 Å². The molecule has 3 aromatic rings. The molecule has 0 N–H and O–H groups in total. The maximum Gasteiger partial charge on any atom is 0.0997 e. The van der Waals surface area contributed by atoms with Gasteiger partial charge < -0.3 is 4.57 Å². The van der Waals surface area contributed by atoms with Crippen molar-refractivity contribution in [2.24, 2.45) is 0 Å². The molecule has 2 heterocycles. The second-order valence-corrected chi connectivity index (χ2v) is 5.67. The van der Waals surface area contributed by atoms with Gasteiger partial charge in [0.05, 0.1) is 10.5 Å². The minimum Gasteiger partial charge on any atom is -0.304 e. The Labute approximate surface area is 137 Å². The van der Waals surface area contributed by atoms with Crippen molar-refractivity contribution in [2.45, 2.75) is 27.2 Å². The van der Waals surface area contributed by atoms with E-state index in [4.69, 9.17) is 0 Å². The number of hydrogen-bond acceptors (Lipinski definition) is 1. The molecule has 0 amide bonds. The second kappa shape index (κ2) is 7.81. The number of thiophene rings is 1. The second-order valence-electron chi connectivity index (χ2n) is 4.74. The Hall–Kier alpha value is -2.06. The first-order valence-electron chi connectivity index (χ1n) is 7.73.